The Morgan fingerprint density at radius 3 is 2.52 bits per heavy atom. The Hall–Kier alpha value is -1.56. The fourth-order valence-corrected chi connectivity index (χ4v) is 4.27. The molecule has 5 nitrogen and oxygen atoms in total. The number of nitrogens with two attached hydrogens (primary N) is 1. The van der Waals surface area contributed by atoms with Gasteiger partial charge in [-0.1, -0.05) is 24.6 Å². The number of halogens is 2. The van der Waals surface area contributed by atoms with Crippen molar-refractivity contribution in [3.05, 3.63) is 36.4 Å². The van der Waals surface area contributed by atoms with Crippen LogP contribution in [0.1, 0.15) is 19.3 Å². The van der Waals surface area contributed by atoms with Crippen molar-refractivity contribution in [1.29, 1.82) is 0 Å². The van der Waals surface area contributed by atoms with Gasteiger partial charge in [-0.2, -0.15) is 0 Å². The molecule has 0 spiro atoms. The normalized spacial score (nSPS) is 22.3. The summed E-state index contributed by atoms with van der Waals surface area (Å²) in [5.41, 5.74) is 6.87. The standard InChI is InChI=1S/C20H26N4O.2ClH/c21-14-16-5-3-6-17(16)20(25)24-12-10-23(11-13-24)19-9-8-15-4-1-2-7-18(15)22-19;;/h1-2,4,7-9,16-17H,3,5-6,10-14,21H2;2*1H/t16-,17-;;/m1../s1. The molecule has 1 aliphatic heterocycles. The molecule has 1 aromatic carbocycles. The first-order chi connectivity index (χ1) is 12.3. The molecule has 27 heavy (non-hydrogen) atoms. The smallest absolute Gasteiger partial charge is 0.226 e. The van der Waals surface area contributed by atoms with E-state index in [0.717, 1.165) is 62.2 Å². The Morgan fingerprint density at radius 2 is 1.78 bits per heavy atom. The predicted octanol–water partition coefficient (Wildman–Crippen LogP) is 3.10. The summed E-state index contributed by atoms with van der Waals surface area (Å²) in [5.74, 6) is 1.86. The molecule has 0 unspecified atom stereocenters. The minimum Gasteiger partial charge on any atom is -0.353 e. The van der Waals surface area contributed by atoms with Gasteiger partial charge in [-0.3, -0.25) is 4.79 Å². The molecule has 148 valence electrons. The molecule has 1 amide bonds. The van der Waals surface area contributed by atoms with Gasteiger partial charge in [0.25, 0.3) is 0 Å². The number of para-hydroxylation sites is 1. The molecule has 7 heteroatoms. The molecule has 1 aliphatic carbocycles. The average molecular weight is 411 g/mol. The van der Waals surface area contributed by atoms with E-state index in [1.807, 2.05) is 23.1 Å². The van der Waals surface area contributed by atoms with Crippen LogP contribution in [0, 0.1) is 11.8 Å². The van der Waals surface area contributed by atoms with Crippen molar-refractivity contribution >= 4 is 47.4 Å². The predicted molar refractivity (Wildman–Crippen MR) is 115 cm³/mol. The molecular formula is C20H28Cl2N4O. The minimum absolute atomic E-state index is 0. The molecule has 2 aliphatic rings. The van der Waals surface area contributed by atoms with Crippen molar-refractivity contribution in [2.24, 2.45) is 17.6 Å². The van der Waals surface area contributed by atoms with Gasteiger partial charge in [0.1, 0.15) is 5.82 Å². The number of nitrogens with zero attached hydrogens (tertiary/aromatic N) is 3. The number of benzene rings is 1. The molecule has 2 fully saturated rings. The zero-order valence-electron chi connectivity index (χ0n) is 15.4. The first kappa shape index (κ1) is 21.7. The maximum absolute atomic E-state index is 12.8. The van der Waals surface area contributed by atoms with E-state index in [4.69, 9.17) is 10.7 Å². The molecule has 2 aromatic rings. The largest absolute Gasteiger partial charge is 0.353 e. The molecule has 0 bridgehead atoms. The van der Waals surface area contributed by atoms with Crippen LogP contribution < -0.4 is 10.6 Å². The SMILES string of the molecule is Cl.Cl.NC[C@H]1CCC[C@H]1C(=O)N1CCN(c2ccc3ccccc3n2)CC1. The van der Waals surface area contributed by atoms with Crippen LogP contribution in [0.5, 0.6) is 0 Å². The van der Waals surface area contributed by atoms with E-state index in [9.17, 15) is 4.79 Å². The van der Waals surface area contributed by atoms with Crippen molar-refractivity contribution in [2.75, 3.05) is 37.6 Å². The van der Waals surface area contributed by atoms with E-state index in [2.05, 4.69) is 23.1 Å². The molecule has 0 radical (unpaired) electrons. The highest BCUT2D eigenvalue weighted by Crippen LogP contribution is 2.32. The van der Waals surface area contributed by atoms with Gasteiger partial charge in [0, 0.05) is 37.5 Å². The monoisotopic (exact) mass is 410 g/mol. The highest BCUT2D eigenvalue weighted by molar-refractivity contribution is 5.85. The summed E-state index contributed by atoms with van der Waals surface area (Å²) in [4.78, 5) is 21.9. The van der Waals surface area contributed by atoms with E-state index < -0.39 is 0 Å². The van der Waals surface area contributed by atoms with Crippen LogP contribution in [0.3, 0.4) is 0 Å². The Kier molecular flexibility index (Phi) is 7.71. The summed E-state index contributed by atoms with van der Waals surface area (Å²) in [6, 6.07) is 12.4. The van der Waals surface area contributed by atoms with Crippen LogP contribution in [0.15, 0.2) is 36.4 Å². The molecule has 1 saturated carbocycles. The van der Waals surface area contributed by atoms with Gasteiger partial charge in [-0.05, 0) is 43.5 Å². The van der Waals surface area contributed by atoms with Crippen molar-refractivity contribution < 1.29 is 4.79 Å². The molecule has 4 rings (SSSR count). The number of hydrogen-bond donors (Lipinski definition) is 1. The fraction of sp³-hybridized carbons (Fsp3) is 0.500. The first-order valence-electron chi connectivity index (χ1n) is 9.36. The number of hydrogen-bond acceptors (Lipinski definition) is 4. The molecule has 2 N–H and O–H groups in total. The highest BCUT2D eigenvalue weighted by atomic mass is 35.5. The summed E-state index contributed by atoms with van der Waals surface area (Å²) < 4.78 is 0. The number of amides is 1. The summed E-state index contributed by atoms with van der Waals surface area (Å²) in [7, 11) is 0. The lowest BCUT2D eigenvalue weighted by Crippen LogP contribution is -2.51. The number of carbonyl (C=O) groups excluding carboxylic acids is 1. The number of pyridine rings is 1. The van der Waals surface area contributed by atoms with Crippen LogP contribution >= 0.6 is 24.8 Å². The van der Waals surface area contributed by atoms with Gasteiger partial charge >= 0.3 is 0 Å². The Balaban J connectivity index is 0.00000131. The number of rotatable bonds is 3. The van der Waals surface area contributed by atoms with E-state index >= 15 is 0 Å². The maximum atomic E-state index is 12.8. The lowest BCUT2D eigenvalue weighted by atomic mass is 9.94. The number of carbonyl (C=O) groups is 1. The zero-order chi connectivity index (χ0) is 17.2. The molecule has 2 heterocycles. The van der Waals surface area contributed by atoms with E-state index in [0.29, 0.717) is 18.4 Å². The van der Waals surface area contributed by atoms with Crippen LogP contribution in [0.2, 0.25) is 0 Å². The second-order valence-electron chi connectivity index (χ2n) is 7.21. The van der Waals surface area contributed by atoms with E-state index in [1.165, 1.54) is 0 Å². The number of fused-ring (bicyclic) bond motifs is 1. The number of aromatic nitrogens is 1. The Labute approximate surface area is 173 Å². The Bertz CT molecular complexity index is 764. The Morgan fingerprint density at radius 1 is 1.04 bits per heavy atom. The zero-order valence-corrected chi connectivity index (χ0v) is 17.1. The number of anilines is 1. The summed E-state index contributed by atoms with van der Waals surface area (Å²) in [5, 5.41) is 1.16. The molecule has 1 aromatic heterocycles. The van der Waals surface area contributed by atoms with Gasteiger partial charge in [0.2, 0.25) is 5.91 Å². The van der Waals surface area contributed by atoms with E-state index in [1.54, 1.807) is 0 Å². The van der Waals surface area contributed by atoms with Gasteiger partial charge in [0.15, 0.2) is 0 Å². The molecule has 2 atom stereocenters. The minimum atomic E-state index is 0. The van der Waals surface area contributed by atoms with Crippen LogP contribution in [-0.4, -0.2) is 48.5 Å². The third kappa shape index (κ3) is 4.48. The second kappa shape index (κ2) is 9.58. The van der Waals surface area contributed by atoms with Crippen molar-refractivity contribution in [1.82, 2.24) is 9.88 Å². The quantitative estimate of drug-likeness (QED) is 0.843. The molecule has 1 saturated heterocycles. The topological polar surface area (TPSA) is 62.5 Å². The van der Waals surface area contributed by atoms with Gasteiger partial charge in [-0.25, -0.2) is 4.98 Å². The van der Waals surface area contributed by atoms with Crippen molar-refractivity contribution in [2.45, 2.75) is 19.3 Å². The van der Waals surface area contributed by atoms with Crippen molar-refractivity contribution in [3.63, 3.8) is 0 Å². The van der Waals surface area contributed by atoms with Crippen LogP contribution in [-0.2, 0) is 4.79 Å². The van der Waals surface area contributed by atoms with Gasteiger partial charge < -0.3 is 15.5 Å². The van der Waals surface area contributed by atoms with Crippen LogP contribution in [0.4, 0.5) is 5.82 Å². The highest BCUT2D eigenvalue weighted by Gasteiger charge is 2.35. The summed E-state index contributed by atoms with van der Waals surface area (Å²) >= 11 is 0. The number of piperazine rings is 1. The lowest BCUT2D eigenvalue weighted by Gasteiger charge is -2.37. The van der Waals surface area contributed by atoms with Crippen LogP contribution in [0.25, 0.3) is 10.9 Å². The third-order valence-corrected chi connectivity index (χ3v) is 5.78. The molecular weight excluding hydrogens is 383 g/mol. The lowest BCUT2D eigenvalue weighted by molar-refractivity contribution is -0.136. The second-order valence-corrected chi connectivity index (χ2v) is 7.21. The summed E-state index contributed by atoms with van der Waals surface area (Å²) in [6.45, 7) is 3.88. The average Bonchev–Trinajstić information content (AvgIpc) is 3.16. The van der Waals surface area contributed by atoms with Crippen molar-refractivity contribution in [3.8, 4) is 0 Å². The summed E-state index contributed by atoms with van der Waals surface area (Å²) in [6.07, 6.45) is 3.25. The fourth-order valence-electron chi connectivity index (χ4n) is 4.27. The van der Waals surface area contributed by atoms with E-state index in [-0.39, 0.29) is 30.7 Å². The van der Waals surface area contributed by atoms with Gasteiger partial charge in [-0.15, -0.1) is 24.8 Å². The van der Waals surface area contributed by atoms with Gasteiger partial charge in [0.05, 0.1) is 5.52 Å². The third-order valence-electron chi connectivity index (χ3n) is 5.78. The maximum Gasteiger partial charge on any atom is 0.226 e. The first-order valence-corrected chi connectivity index (χ1v) is 9.36.